The predicted octanol–water partition coefficient (Wildman–Crippen LogP) is 9.11. The van der Waals surface area contributed by atoms with Crippen LogP contribution in [-0.4, -0.2) is 59.5 Å². The van der Waals surface area contributed by atoms with E-state index in [-0.39, 0.29) is 29.7 Å². The van der Waals surface area contributed by atoms with Gasteiger partial charge >= 0.3 is 11.9 Å². The molecule has 15 rings (SSSR count). The van der Waals surface area contributed by atoms with Gasteiger partial charge in [0.05, 0.1) is 11.0 Å². The third-order valence-electron chi connectivity index (χ3n) is 20.2. The molecule has 7 nitrogen and oxygen atoms in total. The number of nitrogens with two attached hydrogens (primary N) is 1. The van der Waals surface area contributed by atoms with E-state index in [0.29, 0.717) is 48.3 Å². The van der Waals surface area contributed by atoms with Gasteiger partial charge in [0.25, 0.3) is 0 Å². The molecule has 62 heavy (non-hydrogen) atoms. The molecule has 0 aromatic heterocycles. The van der Waals surface area contributed by atoms with Crippen molar-refractivity contribution in [3.63, 3.8) is 0 Å². The van der Waals surface area contributed by atoms with E-state index < -0.39 is 16.4 Å². The predicted molar refractivity (Wildman–Crippen MR) is 237 cm³/mol. The molecule has 5 aliphatic carbocycles. The molecule has 322 valence electrons. The van der Waals surface area contributed by atoms with Gasteiger partial charge in [-0.3, -0.25) is 9.69 Å². The molecular formula is C55H63N3O4. The van der Waals surface area contributed by atoms with Gasteiger partial charge in [0.15, 0.2) is 5.60 Å². The van der Waals surface area contributed by atoms with E-state index in [1.165, 1.54) is 73.0 Å². The highest BCUT2D eigenvalue weighted by Crippen LogP contribution is 2.87. The number of carbonyl (C=O) groups excluding carboxylic acids is 2. The Labute approximate surface area is 367 Å². The van der Waals surface area contributed by atoms with Crippen LogP contribution < -0.4 is 5.73 Å². The number of nitrogens with zero attached hydrogens (tertiary/aromatic N) is 2. The Kier molecular flexibility index (Phi) is 7.77. The zero-order chi connectivity index (χ0) is 41.4. The first-order valence-corrected chi connectivity index (χ1v) is 25.0. The summed E-state index contributed by atoms with van der Waals surface area (Å²) >= 11 is 0. The van der Waals surface area contributed by atoms with Crippen LogP contribution in [0.25, 0.3) is 0 Å². The van der Waals surface area contributed by atoms with Crippen LogP contribution in [0.1, 0.15) is 124 Å². The van der Waals surface area contributed by atoms with Gasteiger partial charge in [-0.2, -0.15) is 0 Å². The summed E-state index contributed by atoms with van der Waals surface area (Å²) in [5.41, 5.74) is 16.6. The molecule has 13 aliphatic rings. The van der Waals surface area contributed by atoms with Crippen molar-refractivity contribution >= 4 is 11.9 Å². The van der Waals surface area contributed by atoms with E-state index in [9.17, 15) is 4.79 Å². The Bertz CT molecular complexity index is 2500. The van der Waals surface area contributed by atoms with Crippen LogP contribution in [-0.2, 0) is 39.1 Å². The third kappa shape index (κ3) is 4.33. The Morgan fingerprint density at radius 1 is 0.919 bits per heavy atom. The van der Waals surface area contributed by atoms with Crippen molar-refractivity contribution in [3.8, 4) is 0 Å². The molecule has 2 aromatic rings. The Morgan fingerprint density at radius 2 is 1.79 bits per heavy atom. The number of carbonyl (C=O) groups is 2. The minimum Gasteiger partial charge on any atom is -0.449 e. The highest BCUT2D eigenvalue weighted by Gasteiger charge is 2.92. The number of ether oxygens (including phenoxy) is 2. The number of rotatable bonds is 3. The van der Waals surface area contributed by atoms with Gasteiger partial charge in [0.2, 0.25) is 0 Å². The lowest BCUT2D eigenvalue weighted by Crippen LogP contribution is -2.77. The fourth-order valence-electron chi connectivity index (χ4n) is 18.1. The van der Waals surface area contributed by atoms with Crippen molar-refractivity contribution in [3.05, 3.63) is 116 Å². The molecule has 7 heteroatoms. The maximum Gasteiger partial charge on any atom is 0.339 e. The molecule has 14 atom stereocenters. The maximum absolute atomic E-state index is 16.1. The van der Waals surface area contributed by atoms with Gasteiger partial charge in [-0.15, -0.1) is 0 Å². The summed E-state index contributed by atoms with van der Waals surface area (Å²) in [5.74, 6) is 3.09. The normalized spacial score (nSPS) is 43.7. The van der Waals surface area contributed by atoms with Crippen molar-refractivity contribution in [2.75, 3.05) is 19.6 Å². The van der Waals surface area contributed by atoms with Crippen LogP contribution in [0.2, 0.25) is 0 Å². The van der Waals surface area contributed by atoms with Crippen LogP contribution in [0, 0.1) is 52.3 Å². The van der Waals surface area contributed by atoms with E-state index in [0.717, 1.165) is 86.7 Å². The lowest BCUT2D eigenvalue weighted by atomic mass is 9.29. The molecule has 2 N–H and O–H groups in total. The number of hydrogen-bond acceptors (Lipinski definition) is 7. The monoisotopic (exact) mass is 829 g/mol. The minimum absolute atomic E-state index is 0.0742. The van der Waals surface area contributed by atoms with E-state index >= 15 is 4.79 Å². The van der Waals surface area contributed by atoms with Crippen molar-refractivity contribution in [1.29, 1.82) is 0 Å². The summed E-state index contributed by atoms with van der Waals surface area (Å²) in [6, 6.07) is 17.4. The summed E-state index contributed by atoms with van der Waals surface area (Å²) in [6.07, 6.45) is 20.3. The maximum atomic E-state index is 16.1. The number of esters is 2. The standard InChI is InChI=1S/C55H63N3O4/c1-30-22-36-16-18-44-38-25-39-29-58(44)50(36)49-40-19-20-53-46(27-35-15-17-43(39)57(28-38)31(35)2)61-52(60)54(53)42(40)26-37(47(30)49)24-33-10-5-9-32(23-33)8-3-4-14-45(54)55(53)41-13-6-11-34(12-7-21-56)48(41)51(59)62-55/h5-6,9-11,13,23,26-27,30-31,35,38-39,43-45,47,49H,3-4,7-8,12,14-22,24-25,28-29,56H2,1-2H3. The molecule has 14 unspecified atom stereocenters. The van der Waals surface area contributed by atoms with Gasteiger partial charge in [-0.05, 0) is 161 Å². The first-order valence-electron chi connectivity index (χ1n) is 25.0. The van der Waals surface area contributed by atoms with Crippen LogP contribution in [0.3, 0.4) is 0 Å². The highest BCUT2D eigenvalue weighted by atomic mass is 16.6. The number of hydrogen-bond donors (Lipinski definition) is 1. The van der Waals surface area contributed by atoms with E-state index in [1.54, 1.807) is 11.3 Å². The molecule has 1 saturated carbocycles. The van der Waals surface area contributed by atoms with Gasteiger partial charge in [-0.25, -0.2) is 4.79 Å². The number of aryl methyl sites for hydroxylation is 2. The second-order valence-electron chi connectivity index (χ2n) is 22.4. The highest BCUT2D eigenvalue weighted by molar-refractivity contribution is 6.00. The van der Waals surface area contributed by atoms with Crippen molar-refractivity contribution in [2.24, 2.45) is 58.0 Å². The number of allylic oxidation sites excluding steroid dienone is 4. The van der Waals surface area contributed by atoms with E-state index in [2.05, 4.69) is 78.3 Å². The van der Waals surface area contributed by atoms with Gasteiger partial charge < -0.3 is 20.1 Å². The van der Waals surface area contributed by atoms with Crippen LogP contribution >= 0.6 is 0 Å². The first-order chi connectivity index (χ1) is 30.3. The van der Waals surface area contributed by atoms with E-state index in [1.807, 2.05) is 0 Å². The number of fused-ring (bicyclic) bond motifs is 7. The topological polar surface area (TPSA) is 85.1 Å². The fourth-order valence-corrected chi connectivity index (χ4v) is 18.1. The zero-order valence-corrected chi connectivity index (χ0v) is 36.8. The Morgan fingerprint density at radius 3 is 2.69 bits per heavy atom. The summed E-state index contributed by atoms with van der Waals surface area (Å²) < 4.78 is 14.4. The lowest BCUT2D eigenvalue weighted by molar-refractivity contribution is -0.275. The van der Waals surface area contributed by atoms with Crippen molar-refractivity contribution < 1.29 is 19.1 Å². The smallest absolute Gasteiger partial charge is 0.339 e. The Hall–Kier alpha value is -3.94. The SMILES string of the molecule is CC1CC2=C3C4C5=C6C=C(Cc7cccc(c7)CCCCC7C68C(=O)OC(=CC6CCC9C%10CC(CN9C6C)C(CC2)N3C%10)C8(CC5)C72OC(=O)c3c(CCCN)cccc32)C14. The van der Waals surface area contributed by atoms with Crippen LogP contribution in [0.15, 0.2) is 88.4 Å². The molecule has 8 heterocycles. The Balaban J connectivity index is 1.08. The molecule has 3 spiro atoms. The van der Waals surface area contributed by atoms with Crippen LogP contribution in [0.5, 0.6) is 0 Å². The van der Waals surface area contributed by atoms with Crippen molar-refractivity contribution in [1.82, 2.24) is 9.80 Å². The van der Waals surface area contributed by atoms with Crippen LogP contribution in [0.4, 0.5) is 0 Å². The summed E-state index contributed by atoms with van der Waals surface area (Å²) in [5, 5.41) is 0. The van der Waals surface area contributed by atoms with Gasteiger partial charge in [0.1, 0.15) is 11.2 Å². The quantitative estimate of drug-likeness (QED) is 0.309. The molecular weight excluding hydrogens is 767 g/mol. The largest absolute Gasteiger partial charge is 0.449 e. The first kappa shape index (κ1) is 37.4. The average molecular weight is 830 g/mol. The van der Waals surface area contributed by atoms with Gasteiger partial charge in [-0.1, -0.05) is 78.6 Å². The molecule has 4 saturated heterocycles. The second kappa shape index (κ2) is 12.9. The molecule has 0 radical (unpaired) electrons. The minimum atomic E-state index is -0.993. The molecule has 8 aliphatic heterocycles. The molecule has 2 aromatic carbocycles. The second-order valence-corrected chi connectivity index (χ2v) is 22.4. The summed E-state index contributed by atoms with van der Waals surface area (Å²) in [4.78, 5) is 37.0. The number of benzene rings is 2. The lowest BCUT2D eigenvalue weighted by Gasteiger charge is -2.71. The zero-order valence-electron chi connectivity index (χ0n) is 36.8. The summed E-state index contributed by atoms with van der Waals surface area (Å²) in [7, 11) is 0. The average Bonchev–Trinajstić information content (AvgIpc) is 3.71. The number of piperidine rings is 3. The molecule has 0 amide bonds. The fraction of sp³-hybridized carbons (Fsp3) is 0.600. The third-order valence-corrected chi connectivity index (χ3v) is 20.2. The molecule has 14 bridgehead atoms. The van der Waals surface area contributed by atoms with Crippen molar-refractivity contribution in [2.45, 2.75) is 134 Å². The van der Waals surface area contributed by atoms with Gasteiger partial charge in [0, 0.05) is 54.3 Å². The molecule has 5 fully saturated rings. The van der Waals surface area contributed by atoms with E-state index in [4.69, 9.17) is 15.2 Å². The summed E-state index contributed by atoms with van der Waals surface area (Å²) in [6.45, 7) is 7.96.